The highest BCUT2D eigenvalue weighted by atomic mass is 35.5. The number of ether oxygens (including phenoxy) is 1. The van der Waals surface area contributed by atoms with Crippen molar-refractivity contribution in [1.82, 2.24) is 0 Å². The third kappa shape index (κ3) is 5.16. The molecule has 1 heterocycles. The van der Waals surface area contributed by atoms with Crippen LogP contribution in [-0.2, 0) is 16.4 Å². The lowest BCUT2D eigenvalue weighted by Crippen LogP contribution is -2.35. The summed E-state index contributed by atoms with van der Waals surface area (Å²) in [7, 11) is -3.80. The average Bonchev–Trinajstić information content (AvgIpc) is 3.22. The van der Waals surface area contributed by atoms with Crippen LogP contribution in [0.1, 0.15) is 22.8 Å². The van der Waals surface area contributed by atoms with Gasteiger partial charge in [-0.15, -0.1) is 0 Å². The number of halogens is 2. The molecular formula is C28H22Cl2N2O4S. The van der Waals surface area contributed by atoms with Crippen LogP contribution in [0.25, 0.3) is 0 Å². The molecule has 5 rings (SSSR count). The maximum absolute atomic E-state index is 13.4. The predicted molar refractivity (Wildman–Crippen MR) is 147 cm³/mol. The predicted octanol–water partition coefficient (Wildman–Crippen LogP) is 7.18. The van der Waals surface area contributed by atoms with E-state index in [1.807, 2.05) is 37.3 Å². The average molecular weight is 553 g/mol. The number of rotatable bonds is 6. The molecule has 37 heavy (non-hydrogen) atoms. The maximum Gasteiger partial charge on any atom is 0.264 e. The van der Waals surface area contributed by atoms with Crippen LogP contribution in [0.2, 0.25) is 10.0 Å². The molecule has 1 atom stereocenters. The third-order valence-electron chi connectivity index (χ3n) is 6.03. The highest BCUT2D eigenvalue weighted by molar-refractivity contribution is 7.92. The monoisotopic (exact) mass is 552 g/mol. The van der Waals surface area contributed by atoms with E-state index in [1.54, 1.807) is 48.5 Å². The second-order valence-corrected chi connectivity index (χ2v) is 11.3. The van der Waals surface area contributed by atoms with Gasteiger partial charge in [0.2, 0.25) is 0 Å². The van der Waals surface area contributed by atoms with Crippen molar-refractivity contribution < 1.29 is 17.9 Å². The van der Waals surface area contributed by atoms with E-state index in [-0.39, 0.29) is 16.8 Å². The number of nitrogens with one attached hydrogen (secondary N) is 1. The van der Waals surface area contributed by atoms with E-state index in [0.717, 1.165) is 5.56 Å². The van der Waals surface area contributed by atoms with Crippen molar-refractivity contribution >= 4 is 50.5 Å². The minimum Gasteiger partial charge on any atom is -0.455 e. The number of hydrogen-bond acceptors (Lipinski definition) is 4. The number of carbonyl (C=O) groups is 1. The van der Waals surface area contributed by atoms with Crippen LogP contribution in [0.15, 0.2) is 95.9 Å². The summed E-state index contributed by atoms with van der Waals surface area (Å²) >= 11 is 12.1. The Balaban J connectivity index is 1.41. The van der Waals surface area contributed by atoms with Crippen LogP contribution >= 0.6 is 23.2 Å². The Bertz CT molecular complexity index is 1580. The largest absolute Gasteiger partial charge is 0.455 e. The van der Waals surface area contributed by atoms with Crippen LogP contribution in [0.3, 0.4) is 0 Å². The number of nitrogens with zero attached hydrogens (tertiary/aromatic N) is 1. The van der Waals surface area contributed by atoms with E-state index in [0.29, 0.717) is 44.9 Å². The molecule has 0 radical (unpaired) electrons. The van der Waals surface area contributed by atoms with Gasteiger partial charge in [0, 0.05) is 21.7 Å². The zero-order valence-electron chi connectivity index (χ0n) is 19.7. The first-order valence-electron chi connectivity index (χ1n) is 11.5. The quantitative estimate of drug-likeness (QED) is 0.275. The van der Waals surface area contributed by atoms with Crippen LogP contribution < -0.4 is 14.4 Å². The number of amides is 1. The van der Waals surface area contributed by atoms with Gasteiger partial charge in [-0.05, 0) is 91.7 Å². The molecule has 0 spiro atoms. The van der Waals surface area contributed by atoms with Crippen molar-refractivity contribution in [3.63, 3.8) is 0 Å². The normalized spacial score (nSPS) is 14.8. The highest BCUT2D eigenvalue weighted by Gasteiger charge is 2.36. The first-order chi connectivity index (χ1) is 17.7. The molecule has 188 valence electrons. The fourth-order valence-electron chi connectivity index (χ4n) is 4.33. The molecule has 9 heteroatoms. The fraction of sp³-hybridized carbons (Fsp3) is 0.107. The molecule has 0 bridgehead atoms. The summed E-state index contributed by atoms with van der Waals surface area (Å²) in [4.78, 5) is 13.3. The van der Waals surface area contributed by atoms with Gasteiger partial charge in [-0.25, -0.2) is 8.42 Å². The van der Waals surface area contributed by atoms with Gasteiger partial charge in [-0.2, -0.15) is 0 Å². The van der Waals surface area contributed by atoms with E-state index in [1.165, 1.54) is 16.4 Å². The van der Waals surface area contributed by atoms with E-state index in [2.05, 4.69) is 5.32 Å². The minimum atomic E-state index is -3.80. The van der Waals surface area contributed by atoms with E-state index >= 15 is 0 Å². The smallest absolute Gasteiger partial charge is 0.264 e. The number of anilines is 2. The molecule has 0 unspecified atom stereocenters. The molecule has 0 saturated carbocycles. The first kappa shape index (κ1) is 25.1. The molecular weight excluding hydrogens is 531 g/mol. The van der Waals surface area contributed by atoms with Gasteiger partial charge in [0.15, 0.2) is 5.75 Å². The first-order valence-corrected chi connectivity index (χ1v) is 13.7. The number of hydrogen-bond donors (Lipinski definition) is 1. The van der Waals surface area contributed by atoms with Crippen molar-refractivity contribution in [3.05, 3.63) is 112 Å². The molecule has 1 N–H and O–H groups in total. The van der Waals surface area contributed by atoms with Crippen molar-refractivity contribution in [1.29, 1.82) is 0 Å². The molecule has 6 nitrogen and oxygen atoms in total. The Hall–Kier alpha value is -3.52. The molecule has 4 aromatic rings. The zero-order valence-corrected chi connectivity index (χ0v) is 22.0. The van der Waals surface area contributed by atoms with Crippen LogP contribution in [-0.4, -0.2) is 20.4 Å². The summed E-state index contributed by atoms with van der Waals surface area (Å²) in [5.74, 6) is 0.697. The lowest BCUT2D eigenvalue weighted by atomic mass is 10.1. The number of benzene rings is 4. The molecule has 0 aromatic heterocycles. The van der Waals surface area contributed by atoms with E-state index in [4.69, 9.17) is 27.9 Å². The Morgan fingerprint density at radius 2 is 1.62 bits per heavy atom. The van der Waals surface area contributed by atoms with Crippen molar-refractivity contribution in [2.75, 3.05) is 9.62 Å². The molecule has 0 aliphatic carbocycles. The lowest BCUT2D eigenvalue weighted by Gasteiger charge is -2.24. The van der Waals surface area contributed by atoms with Gasteiger partial charge in [0.05, 0.1) is 16.3 Å². The van der Waals surface area contributed by atoms with Gasteiger partial charge >= 0.3 is 0 Å². The topological polar surface area (TPSA) is 75.7 Å². The molecule has 0 fully saturated rings. The second kappa shape index (κ2) is 10.1. The standard InChI is InChI=1S/C28H22Cl2N2O4S/c1-18-15-20-16-19(7-13-26(20)32(18)37(34,35)24-11-8-21(29)9-12-24)28(33)31-25-17-22(30)10-14-27(25)36-23-5-3-2-4-6-23/h2-14,16-18H,15H2,1H3,(H,31,33)/t18-/m1/s1. The van der Waals surface area contributed by atoms with Crippen LogP contribution in [0, 0.1) is 0 Å². The number of carbonyl (C=O) groups excluding carboxylic acids is 1. The van der Waals surface area contributed by atoms with Gasteiger partial charge < -0.3 is 10.1 Å². The van der Waals surface area contributed by atoms with Crippen LogP contribution in [0.4, 0.5) is 11.4 Å². The minimum absolute atomic E-state index is 0.158. The molecule has 0 saturated heterocycles. The van der Waals surface area contributed by atoms with Crippen molar-refractivity contribution in [3.8, 4) is 11.5 Å². The van der Waals surface area contributed by atoms with Gasteiger partial charge in [-0.1, -0.05) is 41.4 Å². The molecule has 1 amide bonds. The second-order valence-electron chi connectivity index (χ2n) is 8.66. The number of sulfonamides is 1. The molecule has 1 aliphatic rings. The Kier molecular flexibility index (Phi) is 6.86. The molecule has 1 aliphatic heterocycles. The fourth-order valence-corrected chi connectivity index (χ4v) is 6.32. The third-order valence-corrected chi connectivity index (χ3v) is 8.46. The van der Waals surface area contributed by atoms with E-state index in [9.17, 15) is 13.2 Å². The lowest BCUT2D eigenvalue weighted by molar-refractivity contribution is 0.102. The summed E-state index contributed by atoms with van der Waals surface area (Å²) < 4.78 is 34.1. The Morgan fingerprint density at radius 1 is 0.919 bits per heavy atom. The highest BCUT2D eigenvalue weighted by Crippen LogP contribution is 2.38. The summed E-state index contributed by atoms with van der Waals surface area (Å²) in [6.45, 7) is 1.84. The van der Waals surface area contributed by atoms with Crippen molar-refractivity contribution in [2.24, 2.45) is 0 Å². The van der Waals surface area contributed by atoms with Crippen molar-refractivity contribution in [2.45, 2.75) is 24.3 Å². The Labute approximate surface area is 225 Å². The summed E-state index contributed by atoms with van der Waals surface area (Å²) in [6, 6.07) is 25.0. The molecule has 4 aromatic carbocycles. The van der Waals surface area contributed by atoms with E-state index < -0.39 is 10.0 Å². The maximum atomic E-state index is 13.4. The SMILES string of the molecule is C[C@@H]1Cc2cc(C(=O)Nc3cc(Cl)ccc3Oc3ccccc3)ccc2N1S(=O)(=O)c1ccc(Cl)cc1. The summed E-state index contributed by atoms with van der Waals surface area (Å²) in [5, 5.41) is 3.78. The van der Waals surface area contributed by atoms with Gasteiger partial charge in [0.1, 0.15) is 5.75 Å². The summed E-state index contributed by atoms with van der Waals surface area (Å²) in [6.07, 6.45) is 0.475. The zero-order chi connectivity index (χ0) is 26.2. The number of para-hydroxylation sites is 1. The van der Waals surface area contributed by atoms with Gasteiger partial charge in [-0.3, -0.25) is 9.10 Å². The van der Waals surface area contributed by atoms with Crippen LogP contribution in [0.5, 0.6) is 11.5 Å². The number of fused-ring (bicyclic) bond motifs is 1. The van der Waals surface area contributed by atoms with Gasteiger partial charge in [0.25, 0.3) is 15.9 Å². The summed E-state index contributed by atoms with van der Waals surface area (Å²) in [5.41, 5.74) is 2.13. The Morgan fingerprint density at radius 3 is 2.35 bits per heavy atom.